The lowest BCUT2D eigenvalue weighted by Crippen LogP contribution is -3.11. The Kier molecular flexibility index (Phi) is 5.55. The standard InChI is InChI=1S/C14H18BrN3O2/c1-20-13-5-4-12(15)8-11(13)9-16-17-14(19)10-18-6-2-3-7-18/h4-5,8-9H,2-3,6-7,10H2,1H3,(H,17,19)/p+1/b16-9-. The average Bonchev–Trinajstić information content (AvgIpc) is 2.92. The molecule has 1 saturated heterocycles. The second-order valence-electron chi connectivity index (χ2n) is 4.81. The summed E-state index contributed by atoms with van der Waals surface area (Å²) in [4.78, 5) is 13.1. The van der Waals surface area contributed by atoms with Gasteiger partial charge in [-0.15, -0.1) is 0 Å². The summed E-state index contributed by atoms with van der Waals surface area (Å²) in [6.45, 7) is 2.65. The van der Waals surface area contributed by atoms with Gasteiger partial charge in [0, 0.05) is 22.9 Å². The molecule has 1 heterocycles. The number of nitrogens with zero attached hydrogens (tertiary/aromatic N) is 1. The third-order valence-corrected chi connectivity index (χ3v) is 3.80. The molecule has 0 atom stereocenters. The van der Waals surface area contributed by atoms with Crippen molar-refractivity contribution in [3.05, 3.63) is 28.2 Å². The van der Waals surface area contributed by atoms with E-state index in [0.717, 1.165) is 28.9 Å². The maximum absolute atomic E-state index is 11.7. The van der Waals surface area contributed by atoms with Gasteiger partial charge in [-0.05, 0) is 18.2 Å². The maximum atomic E-state index is 11.7. The molecule has 2 rings (SSSR count). The summed E-state index contributed by atoms with van der Waals surface area (Å²) in [6.07, 6.45) is 4.02. The van der Waals surface area contributed by atoms with Crippen molar-refractivity contribution in [1.29, 1.82) is 0 Å². The van der Waals surface area contributed by atoms with Crippen LogP contribution in [0.4, 0.5) is 0 Å². The number of amides is 1. The molecule has 20 heavy (non-hydrogen) atoms. The Morgan fingerprint density at radius 3 is 2.95 bits per heavy atom. The summed E-state index contributed by atoms with van der Waals surface area (Å²) in [7, 11) is 1.61. The van der Waals surface area contributed by atoms with Crippen LogP contribution in [0.1, 0.15) is 18.4 Å². The first-order chi connectivity index (χ1) is 9.69. The first-order valence-electron chi connectivity index (χ1n) is 6.68. The van der Waals surface area contributed by atoms with Crippen LogP contribution in [0.5, 0.6) is 5.75 Å². The third kappa shape index (κ3) is 4.31. The highest BCUT2D eigenvalue weighted by atomic mass is 79.9. The summed E-state index contributed by atoms with van der Waals surface area (Å²) in [6, 6.07) is 5.63. The van der Waals surface area contributed by atoms with Gasteiger partial charge in [-0.25, -0.2) is 5.43 Å². The molecule has 0 radical (unpaired) electrons. The Balaban J connectivity index is 1.89. The number of ether oxygens (including phenoxy) is 1. The molecule has 5 nitrogen and oxygen atoms in total. The van der Waals surface area contributed by atoms with Crippen molar-refractivity contribution in [2.75, 3.05) is 26.7 Å². The number of quaternary nitrogens is 1. The van der Waals surface area contributed by atoms with Crippen LogP contribution < -0.4 is 15.1 Å². The minimum absolute atomic E-state index is 0.0490. The first kappa shape index (κ1) is 15.0. The van der Waals surface area contributed by atoms with E-state index in [9.17, 15) is 4.79 Å². The minimum Gasteiger partial charge on any atom is -0.496 e. The Bertz CT molecular complexity index is 499. The number of methoxy groups -OCH3 is 1. The molecule has 0 spiro atoms. The van der Waals surface area contributed by atoms with Crippen LogP contribution in [0.25, 0.3) is 0 Å². The SMILES string of the molecule is COc1ccc(Br)cc1/C=N\NC(=O)C[NH+]1CCCC1. The summed E-state index contributed by atoms with van der Waals surface area (Å²) in [5, 5.41) is 3.99. The highest BCUT2D eigenvalue weighted by Crippen LogP contribution is 2.21. The van der Waals surface area contributed by atoms with Crippen molar-refractivity contribution in [2.45, 2.75) is 12.8 Å². The number of benzene rings is 1. The molecule has 1 aliphatic rings. The summed E-state index contributed by atoms with van der Waals surface area (Å²) in [5.74, 6) is 0.670. The van der Waals surface area contributed by atoms with Gasteiger partial charge in [0.05, 0.1) is 26.4 Å². The van der Waals surface area contributed by atoms with E-state index >= 15 is 0 Å². The third-order valence-electron chi connectivity index (χ3n) is 3.31. The highest BCUT2D eigenvalue weighted by Gasteiger charge is 2.18. The van der Waals surface area contributed by atoms with Gasteiger partial charge >= 0.3 is 0 Å². The lowest BCUT2D eigenvalue weighted by Gasteiger charge is -2.09. The second-order valence-corrected chi connectivity index (χ2v) is 5.73. The van der Waals surface area contributed by atoms with Crippen LogP contribution in [0.15, 0.2) is 27.8 Å². The van der Waals surface area contributed by atoms with E-state index in [1.54, 1.807) is 13.3 Å². The van der Waals surface area contributed by atoms with E-state index < -0.39 is 0 Å². The van der Waals surface area contributed by atoms with Crippen LogP contribution in [-0.4, -0.2) is 38.9 Å². The molecule has 0 unspecified atom stereocenters. The zero-order valence-corrected chi connectivity index (χ0v) is 13.1. The molecule has 0 aromatic heterocycles. The number of nitrogens with one attached hydrogen (secondary N) is 2. The molecule has 108 valence electrons. The van der Waals surface area contributed by atoms with Gasteiger partial charge in [-0.1, -0.05) is 15.9 Å². The molecular formula is C14H19BrN3O2+. The Hall–Kier alpha value is -1.40. The zero-order chi connectivity index (χ0) is 14.4. The highest BCUT2D eigenvalue weighted by molar-refractivity contribution is 9.10. The lowest BCUT2D eigenvalue weighted by molar-refractivity contribution is -0.879. The topological polar surface area (TPSA) is 55.1 Å². The Morgan fingerprint density at radius 1 is 1.50 bits per heavy atom. The Labute approximate surface area is 127 Å². The van der Waals surface area contributed by atoms with Gasteiger partial charge in [0.1, 0.15) is 5.75 Å². The monoisotopic (exact) mass is 340 g/mol. The minimum atomic E-state index is -0.0490. The van der Waals surface area contributed by atoms with E-state index in [1.807, 2.05) is 18.2 Å². The molecule has 1 amide bonds. The number of likely N-dealkylation sites (tertiary alicyclic amines) is 1. The molecular weight excluding hydrogens is 322 g/mol. The largest absolute Gasteiger partial charge is 0.496 e. The summed E-state index contributed by atoms with van der Waals surface area (Å²) in [5.41, 5.74) is 3.38. The predicted octanol–water partition coefficient (Wildman–Crippen LogP) is 0.586. The number of rotatable bonds is 5. The van der Waals surface area contributed by atoms with Gasteiger partial charge in [0.15, 0.2) is 6.54 Å². The zero-order valence-electron chi connectivity index (χ0n) is 11.5. The number of carbonyl (C=O) groups is 1. The number of halogens is 1. The van der Waals surface area contributed by atoms with Crippen molar-refractivity contribution >= 4 is 28.1 Å². The van der Waals surface area contributed by atoms with Gasteiger partial charge in [-0.3, -0.25) is 4.79 Å². The normalized spacial score (nSPS) is 15.7. The molecule has 1 aromatic rings. The van der Waals surface area contributed by atoms with Crippen molar-refractivity contribution in [2.24, 2.45) is 5.10 Å². The van der Waals surface area contributed by atoms with Crippen LogP contribution in [0.3, 0.4) is 0 Å². The second kappa shape index (κ2) is 7.40. The fraction of sp³-hybridized carbons (Fsp3) is 0.429. The van der Waals surface area contributed by atoms with Crippen molar-refractivity contribution in [3.63, 3.8) is 0 Å². The van der Waals surface area contributed by atoms with Crippen LogP contribution in [-0.2, 0) is 4.79 Å². The molecule has 0 aliphatic carbocycles. The van der Waals surface area contributed by atoms with Gasteiger partial charge < -0.3 is 9.64 Å². The first-order valence-corrected chi connectivity index (χ1v) is 7.47. The molecule has 0 saturated carbocycles. The molecule has 0 bridgehead atoms. The van der Waals surface area contributed by atoms with Crippen LogP contribution in [0.2, 0.25) is 0 Å². The van der Waals surface area contributed by atoms with Gasteiger partial charge in [0.25, 0.3) is 5.91 Å². The van der Waals surface area contributed by atoms with Crippen LogP contribution >= 0.6 is 15.9 Å². The number of carbonyl (C=O) groups excluding carboxylic acids is 1. The van der Waals surface area contributed by atoms with E-state index in [1.165, 1.54) is 17.7 Å². The molecule has 2 N–H and O–H groups in total. The van der Waals surface area contributed by atoms with Gasteiger partial charge in [0.2, 0.25) is 0 Å². The van der Waals surface area contributed by atoms with Gasteiger partial charge in [-0.2, -0.15) is 5.10 Å². The van der Waals surface area contributed by atoms with Crippen molar-refractivity contribution < 1.29 is 14.4 Å². The number of hydrogen-bond acceptors (Lipinski definition) is 3. The smallest absolute Gasteiger partial charge is 0.295 e. The number of hydrazone groups is 1. The summed E-state index contributed by atoms with van der Waals surface area (Å²) >= 11 is 3.40. The molecule has 6 heteroatoms. The molecule has 1 fully saturated rings. The quantitative estimate of drug-likeness (QED) is 0.608. The molecule has 1 aliphatic heterocycles. The number of hydrogen-bond donors (Lipinski definition) is 2. The van der Waals surface area contributed by atoms with Crippen molar-refractivity contribution in [3.8, 4) is 5.75 Å². The van der Waals surface area contributed by atoms with Crippen molar-refractivity contribution in [1.82, 2.24) is 5.43 Å². The molecule has 1 aromatic carbocycles. The fourth-order valence-corrected chi connectivity index (χ4v) is 2.68. The average molecular weight is 341 g/mol. The van der Waals surface area contributed by atoms with E-state index in [-0.39, 0.29) is 5.91 Å². The van der Waals surface area contributed by atoms with E-state index in [2.05, 4.69) is 26.5 Å². The Morgan fingerprint density at radius 2 is 2.25 bits per heavy atom. The fourth-order valence-electron chi connectivity index (χ4n) is 2.30. The van der Waals surface area contributed by atoms with E-state index in [0.29, 0.717) is 6.54 Å². The predicted molar refractivity (Wildman–Crippen MR) is 81.2 cm³/mol. The maximum Gasteiger partial charge on any atom is 0.295 e. The van der Waals surface area contributed by atoms with E-state index in [4.69, 9.17) is 4.74 Å². The summed E-state index contributed by atoms with van der Waals surface area (Å²) < 4.78 is 6.17. The lowest BCUT2D eigenvalue weighted by atomic mass is 10.2. The van der Waals surface area contributed by atoms with Crippen LogP contribution in [0, 0.1) is 0 Å².